The van der Waals surface area contributed by atoms with Crippen molar-refractivity contribution in [1.29, 1.82) is 0 Å². The lowest BCUT2D eigenvalue weighted by molar-refractivity contribution is -0.144. The lowest BCUT2D eigenvalue weighted by atomic mass is 9.73. The average molecular weight is 356 g/mol. The van der Waals surface area contributed by atoms with Crippen LogP contribution < -0.4 is 0 Å². The van der Waals surface area contributed by atoms with Gasteiger partial charge >= 0.3 is 0 Å². The fraction of sp³-hybridized carbons (Fsp3) is 0.619. The van der Waals surface area contributed by atoms with Crippen LogP contribution >= 0.6 is 0 Å². The van der Waals surface area contributed by atoms with E-state index in [2.05, 4.69) is 36.1 Å². The number of benzene rings is 1. The van der Waals surface area contributed by atoms with Crippen LogP contribution in [0.2, 0.25) is 0 Å². The van der Waals surface area contributed by atoms with E-state index in [0.717, 1.165) is 32.2 Å². The fourth-order valence-electron chi connectivity index (χ4n) is 5.22. The van der Waals surface area contributed by atoms with Crippen molar-refractivity contribution in [1.82, 2.24) is 9.80 Å². The molecule has 2 amide bonds. The lowest BCUT2D eigenvalue weighted by Crippen LogP contribution is -2.57. The molecule has 0 aliphatic carbocycles. The van der Waals surface area contributed by atoms with Crippen LogP contribution in [0.15, 0.2) is 30.3 Å². The quantitative estimate of drug-likeness (QED) is 0.836. The summed E-state index contributed by atoms with van der Waals surface area (Å²) in [6, 6.07) is 10.4. The molecule has 0 saturated carbocycles. The summed E-state index contributed by atoms with van der Waals surface area (Å²) in [5.41, 5.74) is 1.09. The van der Waals surface area contributed by atoms with Gasteiger partial charge in [0.15, 0.2) is 0 Å². The van der Waals surface area contributed by atoms with Crippen LogP contribution in [0.25, 0.3) is 0 Å². The van der Waals surface area contributed by atoms with Crippen LogP contribution in [-0.2, 0) is 14.3 Å². The zero-order chi connectivity index (χ0) is 18.1. The smallest absolute Gasteiger partial charge is 0.251 e. The van der Waals surface area contributed by atoms with Crippen LogP contribution in [0.3, 0.4) is 0 Å². The van der Waals surface area contributed by atoms with E-state index in [1.54, 1.807) is 0 Å². The molecule has 3 fully saturated rings. The van der Waals surface area contributed by atoms with Gasteiger partial charge in [0.05, 0.1) is 5.54 Å². The van der Waals surface area contributed by atoms with Crippen molar-refractivity contribution in [2.75, 3.05) is 26.2 Å². The highest BCUT2D eigenvalue weighted by atomic mass is 16.5. The van der Waals surface area contributed by atoms with Gasteiger partial charge in [0, 0.05) is 38.6 Å². The third-order valence-corrected chi connectivity index (χ3v) is 6.53. The van der Waals surface area contributed by atoms with E-state index >= 15 is 0 Å². The first-order valence-electron chi connectivity index (χ1n) is 9.91. The third kappa shape index (κ3) is 2.82. The van der Waals surface area contributed by atoms with Crippen LogP contribution in [-0.4, -0.2) is 59.5 Å². The van der Waals surface area contributed by atoms with Gasteiger partial charge in [-0.05, 0) is 38.2 Å². The number of rotatable bonds is 3. The summed E-state index contributed by atoms with van der Waals surface area (Å²) in [5.74, 6) is 0.609. The molecular weight excluding hydrogens is 328 g/mol. The lowest BCUT2D eigenvalue weighted by Gasteiger charge is -2.48. The van der Waals surface area contributed by atoms with Crippen molar-refractivity contribution in [3.63, 3.8) is 0 Å². The Labute approximate surface area is 155 Å². The number of likely N-dealkylation sites (N-methyl/N-ethyl adjacent to an activating group) is 1. The summed E-state index contributed by atoms with van der Waals surface area (Å²) in [7, 11) is 0. The van der Waals surface area contributed by atoms with Crippen LogP contribution in [0.4, 0.5) is 0 Å². The molecule has 1 aromatic rings. The van der Waals surface area contributed by atoms with Crippen LogP contribution in [0.1, 0.15) is 50.5 Å². The standard InChI is InChI=1S/C21H28N2O3/c1-2-23-19(24)15-17(16-7-4-3-5-8-16)21(23)10-12-22(13-11-21)20(25)18-9-6-14-26-18/h3-5,7-8,17-18H,2,6,9-15H2,1H3/t17?,18-/m0/s1. The predicted molar refractivity (Wildman–Crippen MR) is 98.7 cm³/mol. The van der Waals surface area contributed by atoms with Crippen molar-refractivity contribution >= 4 is 11.8 Å². The minimum atomic E-state index is -0.249. The van der Waals surface area contributed by atoms with Crippen molar-refractivity contribution in [2.24, 2.45) is 0 Å². The number of hydrogen-bond donors (Lipinski definition) is 0. The van der Waals surface area contributed by atoms with Gasteiger partial charge in [-0.1, -0.05) is 30.3 Å². The molecule has 2 atom stereocenters. The molecule has 5 nitrogen and oxygen atoms in total. The molecular formula is C21H28N2O3. The summed E-state index contributed by atoms with van der Waals surface area (Å²) in [4.78, 5) is 29.4. The van der Waals surface area contributed by atoms with E-state index in [0.29, 0.717) is 26.1 Å². The molecule has 3 aliphatic heterocycles. The molecule has 140 valence electrons. The number of hydrogen-bond acceptors (Lipinski definition) is 3. The van der Waals surface area contributed by atoms with Gasteiger partial charge in [0.1, 0.15) is 6.10 Å². The maximum Gasteiger partial charge on any atom is 0.251 e. The second kappa shape index (κ2) is 7.03. The van der Waals surface area contributed by atoms with E-state index in [1.807, 2.05) is 11.0 Å². The van der Waals surface area contributed by atoms with Crippen molar-refractivity contribution in [2.45, 2.75) is 56.6 Å². The number of likely N-dealkylation sites (tertiary alicyclic amines) is 2. The number of carbonyl (C=O) groups excluding carboxylic acids is 2. The summed E-state index contributed by atoms with van der Waals surface area (Å²) < 4.78 is 5.58. The first-order valence-corrected chi connectivity index (χ1v) is 9.91. The predicted octanol–water partition coefficient (Wildman–Crippen LogP) is 2.56. The Morgan fingerprint density at radius 2 is 1.96 bits per heavy atom. The largest absolute Gasteiger partial charge is 0.368 e. The monoisotopic (exact) mass is 356 g/mol. The molecule has 0 radical (unpaired) electrons. The fourth-order valence-corrected chi connectivity index (χ4v) is 5.22. The molecule has 0 N–H and O–H groups in total. The summed E-state index contributed by atoms with van der Waals surface area (Å²) >= 11 is 0. The van der Waals surface area contributed by atoms with E-state index in [4.69, 9.17) is 4.74 Å². The zero-order valence-corrected chi connectivity index (χ0v) is 15.5. The Kier molecular flexibility index (Phi) is 4.74. The molecule has 1 unspecified atom stereocenters. The van der Waals surface area contributed by atoms with Gasteiger partial charge in [0.2, 0.25) is 5.91 Å². The molecule has 0 bridgehead atoms. The molecule has 1 spiro atoms. The summed E-state index contributed by atoms with van der Waals surface area (Å²) in [5, 5.41) is 0. The molecule has 5 heteroatoms. The minimum absolute atomic E-state index is 0.140. The molecule has 3 aliphatic rings. The Hall–Kier alpha value is -1.88. The van der Waals surface area contributed by atoms with Crippen molar-refractivity contribution in [3.8, 4) is 0 Å². The van der Waals surface area contributed by atoms with Crippen molar-refractivity contribution in [3.05, 3.63) is 35.9 Å². The molecule has 26 heavy (non-hydrogen) atoms. The van der Waals surface area contributed by atoms with Gasteiger partial charge in [-0.2, -0.15) is 0 Å². The average Bonchev–Trinajstić information content (AvgIpc) is 3.30. The first-order chi connectivity index (χ1) is 12.7. The Morgan fingerprint density at radius 3 is 2.58 bits per heavy atom. The number of carbonyl (C=O) groups is 2. The Morgan fingerprint density at radius 1 is 1.23 bits per heavy atom. The second-order valence-corrected chi connectivity index (χ2v) is 7.74. The SMILES string of the molecule is CCN1C(=O)CC(c2ccccc2)C12CCN(C(=O)[C@@H]1CCCO1)CC2. The zero-order valence-electron chi connectivity index (χ0n) is 15.5. The molecule has 4 rings (SSSR count). The normalized spacial score (nSPS) is 28.1. The molecule has 3 saturated heterocycles. The van der Waals surface area contributed by atoms with Gasteiger partial charge in [0.25, 0.3) is 5.91 Å². The molecule has 3 heterocycles. The number of ether oxygens (including phenoxy) is 1. The van der Waals surface area contributed by atoms with Gasteiger partial charge in [-0.25, -0.2) is 0 Å². The first kappa shape index (κ1) is 17.5. The number of amides is 2. The molecule has 1 aromatic carbocycles. The second-order valence-electron chi connectivity index (χ2n) is 7.74. The van der Waals surface area contributed by atoms with E-state index in [-0.39, 0.29) is 29.4 Å². The van der Waals surface area contributed by atoms with Gasteiger partial charge in [-0.3, -0.25) is 9.59 Å². The third-order valence-electron chi connectivity index (χ3n) is 6.53. The maximum atomic E-state index is 12.7. The van der Waals surface area contributed by atoms with Crippen LogP contribution in [0.5, 0.6) is 0 Å². The van der Waals surface area contributed by atoms with E-state index < -0.39 is 0 Å². The number of nitrogens with zero attached hydrogens (tertiary/aromatic N) is 2. The number of piperidine rings is 1. The van der Waals surface area contributed by atoms with E-state index in [1.165, 1.54) is 5.56 Å². The summed E-state index contributed by atoms with van der Waals surface area (Å²) in [6.45, 7) is 4.93. The van der Waals surface area contributed by atoms with E-state index in [9.17, 15) is 9.59 Å². The summed E-state index contributed by atoms with van der Waals surface area (Å²) in [6.07, 6.45) is 3.85. The minimum Gasteiger partial charge on any atom is -0.368 e. The van der Waals surface area contributed by atoms with Gasteiger partial charge < -0.3 is 14.5 Å². The Balaban J connectivity index is 1.55. The highest BCUT2D eigenvalue weighted by molar-refractivity contribution is 5.83. The van der Waals surface area contributed by atoms with Crippen LogP contribution in [0, 0.1) is 0 Å². The van der Waals surface area contributed by atoms with Crippen molar-refractivity contribution < 1.29 is 14.3 Å². The van der Waals surface area contributed by atoms with Gasteiger partial charge in [-0.15, -0.1) is 0 Å². The highest BCUT2D eigenvalue weighted by Gasteiger charge is 2.54. The topological polar surface area (TPSA) is 49.9 Å². The highest BCUT2D eigenvalue weighted by Crippen LogP contribution is 2.48. The maximum absolute atomic E-state index is 12.7. The Bertz CT molecular complexity index is 661. The molecule has 0 aromatic heterocycles.